The lowest BCUT2D eigenvalue weighted by Crippen LogP contribution is -2.23. The molecule has 0 aromatic heterocycles. The first-order valence-corrected chi connectivity index (χ1v) is 6.84. The molecule has 0 aliphatic rings. The van der Waals surface area contributed by atoms with Crippen molar-refractivity contribution in [2.75, 3.05) is 5.75 Å². The highest BCUT2D eigenvalue weighted by atomic mass is 32.2. The highest BCUT2D eigenvalue weighted by molar-refractivity contribution is 8.13. The molecule has 0 aliphatic carbocycles. The van der Waals surface area contributed by atoms with E-state index < -0.39 is 45.7 Å². The topological polar surface area (TPSA) is 138 Å². The summed E-state index contributed by atoms with van der Waals surface area (Å²) in [6.45, 7) is 1.23. The molecule has 2 atom stereocenters. The first-order valence-electron chi connectivity index (χ1n) is 5.85. The maximum atomic E-state index is 13.8. The number of nitro groups is 1. The van der Waals surface area contributed by atoms with E-state index in [1.54, 1.807) is 0 Å². The summed E-state index contributed by atoms with van der Waals surface area (Å²) < 4.78 is 13.8. The SMILES string of the molecule is CC(=O)SCC(O)C(O)c1cc([N+](=O)[O-])c(C(=O)O)cc1F. The Morgan fingerprint density at radius 2 is 2.00 bits per heavy atom. The van der Waals surface area contributed by atoms with Gasteiger partial charge in [-0.2, -0.15) is 0 Å². The van der Waals surface area contributed by atoms with Crippen molar-refractivity contribution >= 4 is 28.5 Å². The second-order valence-corrected chi connectivity index (χ2v) is 5.46. The third-order valence-corrected chi connectivity index (χ3v) is 3.60. The van der Waals surface area contributed by atoms with Gasteiger partial charge >= 0.3 is 5.97 Å². The van der Waals surface area contributed by atoms with Gasteiger partial charge in [0.05, 0.1) is 11.0 Å². The van der Waals surface area contributed by atoms with Crippen molar-refractivity contribution in [3.8, 4) is 0 Å². The molecule has 0 spiro atoms. The van der Waals surface area contributed by atoms with Gasteiger partial charge in [0, 0.05) is 24.3 Å². The number of aromatic carboxylic acids is 1. The second-order valence-electron chi connectivity index (χ2n) is 4.27. The van der Waals surface area contributed by atoms with Crippen LogP contribution in [0.15, 0.2) is 12.1 Å². The molecule has 120 valence electrons. The Bertz CT molecular complexity index is 622. The quantitative estimate of drug-likeness (QED) is 0.520. The summed E-state index contributed by atoms with van der Waals surface area (Å²) in [5.41, 5.74) is -2.39. The molecule has 0 radical (unpaired) electrons. The van der Waals surface area contributed by atoms with E-state index in [1.165, 1.54) is 6.92 Å². The highest BCUT2D eigenvalue weighted by Crippen LogP contribution is 2.29. The first-order chi connectivity index (χ1) is 10.1. The Hall–Kier alpha value is -2.04. The molecule has 0 heterocycles. The number of nitro benzene ring substituents is 1. The van der Waals surface area contributed by atoms with Gasteiger partial charge in [-0.15, -0.1) is 0 Å². The number of carbonyl (C=O) groups is 2. The van der Waals surface area contributed by atoms with Gasteiger partial charge in [-0.1, -0.05) is 11.8 Å². The van der Waals surface area contributed by atoms with E-state index in [1.807, 2.05) is 0 Å². The van der Waals surface area contributed by atoms with Crippen LogP contribution in [0.1, 0.15) is 28.9 Å². The predicted octanol–water partition coefficient (Wildman–Crippen LogP) is 1.11. The fourth-order valence-corrected chi connectivity index (χ4v) is 2.22. The predicted molar refractivity (Wildman–Crippen MR) is 74.1 cm³/mol. The van der Waals surface area contributed by atoms with E-state index in [4.69, 9.17) is 5.11 Å². The van der Waals surface area contributed by atoms with Crippen molar-refractivity contribution in [1.29, 1.82) is 0 Å². The number of aliphatic hydroxyl groups excluding tert-OH is 2. The van der Waals surface area contributed by atoms with Crippen molar-refractivity contribution < 1.29 is 34.2 Å². The summed E-state index contributed by atoms with van der Waals surface area (Å²) in [4.78, 5) is 31.4. The van der Waals surface area contributed by atoms with Gasteiger partial charge in [0.2, 0.25) is 0 Å². The van der Waals surface area contributed by atoms with Gasteiger partial charge in [-0.3, -0.25) is 14.9 Å². The zero-order chi connectivity index (χ0) is 17.0. The van der Waals surface area contributed by atoms with Gasteiger partial charge in [0.25, 0.3) is 5.69 Å². The number of nitrogens with zero attached hydrogens (tertiary/aromatic N) is 1. The van der Waals surface area contributed by atoms with Crippen LogP contribution in [0.2, 0.25) is 0 Å². The standard InChI is InChI=1S/C12H12FNO7S/c1-5(15)22-4-10(16)11(17)6-3-9(14(20)21)7(12(18)19)2-8(6)13/h2-3,10-11,16-17H,4H2,1H3,(H,18,19). The minimum atomic E-state index is -1.84. The Labute approximate surface area is 127 Å². The molecule has 0 bridgehead atoms. The average molecular weight is 333 g/mol. The van der Waals surface area contributed by atoms with Crippen molar-refractivity contribution in [1.82, 2.24) is 0 Å². The summed E-state index contributed by atoms with van der Waals surface area (Å²) >= 11 is 0.687. The lowest BCUT2D eigenvalue weighted by molar-refractivity contribution is -0.385. The minimum absolute atomic E-state index is 0.246. The summed E-state index contributed by atoms with van der Waals surface area (Å²) in [5.74, 6) is -3.15. The molecule has 0 aliphatic heterocycles. The van der Waals surface area contributed by atoms with Crippen molar-refractivity contribution in [3.05, 3.63) is 39.2 Å². The molecule has 10 heteroatoms. The number of carboxylic acids is 1. The molecule has 3 N–H and O–H groups in total. The summed E-state index contributed by atoms with van der Waals surface area (Å²) in [6.07, 6.45) is -3.40. The van der Waals surface area contributed by atoms with Crippen molar-refractivity contribution in [3.63, 3.8) is 0 Å². The van der Waals surface area contributed by atoms with Crippen LogP contribution in [0.3, 0.4) is 0 Å². The number of carboxylic acid groups (broad SMARTS) is 1. The molecular formula is C12H12FNO7S. The number of thioether (sulfide) groups is 1. The molecule has 2 unspecified atom stereocenters. The second kappa shape index (κ2) is 7.29. The number of aliphatic hydroxyl groups is 2. The van der Waals surface area contributed by atoms with Gasteiger partial charge in [0.1, 0.15) is 17.5 Å². The molecule has 0 saturated carbocycles. The largest absolute Gasteiger partial charge is 0.477 e. The van der Waals surface area contributed by atoms with E-state index in [9.17, 15) is 34.3 Å². The Balaban J connectivity index is 3.19. The number of carbonyl (C=O) groups excluding carboxylic acids is 1. The van der Waals surface area contributed by atoms with Gasteiger partial charge in [-0.05, 0) is 6.07 Å². The van der Waals surface area contributed by atoms with E-state index in [0.717, 1.165) is 0 Å². The fraction of sp³-hybridized carbons (Fsp3) is 0.333. The lowest BCUT2D eigenvalue weighted by atomic mass is 10.0. The van der Waals surface area contributed by atoms with Crippen LogP contribution in [0.25, 0.3) is 0 Å². The molecule has 0 fully saturated rings. The molecule has 22 heavy (non-hydrogen) atoms. The maximum Gasteiger partial charge on any atom is 0.342 e. The molecule has 1 aromatic rings. The van der Waals surface area contributed by atoms with Crippen LogP contribution in [-0.4, -0.2) is 43.2 Å². The smallest absolute Gasteiger partial charge is 0.342 e. The van der Waals surface area contributed by atoms with Crippen LogP contribution < -0.4 is 0 Å². The maximum absolute atomic E-state index is 13.8. The van der Waals surface area contributed by atoms with Crippen LogP contribution in [0.4, 0.5) is 10.1 Å². The number of hydrogen-bond donors (Lipinski definition) is 3. The summed E-state index contributed by atoms with van der Waals surface area (Å²) in [7, 11) is 0. The van der Waals surface area contributed by atoms with Gasteiger partial charge in [0.15, 0.2) is 5.12 Å². The molecule has 1 rings (SSSR count). The molecule has 1 aromatic carbocycles. The molecule has 8 nitrogen and oxygen atoms in total. The lowest BCUT2D eigenvalue weighted by Gasteiger charge is -2.18. The zero-order valence-corrected chi connectivity index (χ0v) is 12.0. The van der Waals surface area contributed by atoms with E-state index in [0.29, 0.717) is 23.9 Å². The third kappa shape index (κ3) is 4.23. The minimum Gasteiger partial charge on any atom is -0.477 e. The van der Waals surface area contributed by atoms with E-state index >= 15 is 0 Å². The Kier molecular flexibility index (Phi) is 5.97. The molecule has 0 amide bonds. The number of rotatable bonds is 6. The molecular weight excluding hydrogens is 321 g/mol. The van der Waals surface area contributed by atoms with Crippen LogP contribution in [0, 0.1) is 15.9 Å². The van der Waals surface area contributed by atoms with E-state index in [2.05, 4.69) is 0 Å². The van der Waals surface area contributed by atoms with Crippen molar-refractivity contribution in [2.45, 2.75) is 19.1 Å². The number of hydrogen-bond acceptors (Lipinski definition) is 7. The van der Waals surface area contributed by atoms with Crippen LogP contribution >= 0.6 is 11.8 Å². The summed E-state index contributed by atoms with van der Waals surface area (Å²) in [6, 6.07) is 0.967. The fourth-order valence-electron chi connectivity index (χ4n) is 1.63. The number of halogens is 1. The van der Waals surface area contributed by atoms with Crippen LogP contribution in [0.5, 0.6) is 0 Å². The first kappa shape index (κ1) is 18.0. The van der Waals surface area contributed by atoms with Gasteiger partial charge in [-0.25, -0.2) is 9.18 Å². The highest BCUT2D eigenvalue weighted by Gasteiger charge is 2.29. The monoisotopic (exact) mass is 333 g/mol. The average Bonchev–Trinajstić information content (AvgIpc) is 2.43. The third-order valence-electron chi connectivity index (χ3n) is 2.68. The van der Waals surface area contributed by atoms with Gasteiger partial charge < -0.3 is 15.3 Å². The normalized spacial score (nSPS) is 13.5. The van der Waals surface area contributed by atoms with E-state index in [-0.39, 0.29) is 10.9 Å². The Morgan fingerprint density at radius 1 is 1.41 bits per heavy atom. The zero-order valence-electron chi connectivity index (χ0n) is 11.2. The summed E-state index contributed by atoms with van der Waals surface area (Å²) in [5, 5.41) is 38.8. The number of benzene rings is 1. The van der Waals surface area contributed by atoms with Crippen molar-refractivity contribution in [2.24, 2.45) is 0 Å². The van der Waals surface area contributed by atoms with Crippen LogP contribution in [-0.2, 0) is 4.79 Å². The Morgan fingerprint density at radius 3 is 2.45 bits per heavy atom. The molecule has 0 saturated heterocycles.